The predicted octanol–water partition coefficient (Wildman–Crippen LogP) is 0.281. The number of aliphatic hydroxyl groups excluding tert-OH is 2. The average Bonchev–Trinajstić information content (AvgIpc) is 3.68. The SMILES string of the molecule is O=C(Nc1ncnc2c1ncn2[C@@H]1O[C@H](COP(=O)(O)OP(=O)(O)CC2CCNC(C(=O)O)C2)[C@H](O)[C@@H]1O)NC1CCCC1. The highest BCUT2D eigenvalue weighted by atomic mass is 31.3. The summed E-state index contributed by atoms with van der Waals surface area (Å²) in [6, 6.07) is -1.31. The highest BCUT2D eigenvalue weighted by molar-refractivity contribution is 7.64. The molecule has 2 saturated heterocycles. The Morgan fingerprint density at radius 2 is 1.86 bits per heavy atom. The number of aliphatic carboxylic acids is 1. The molecule has 2 aromatic heterocycles. The van der Waals surface area contributed by atoms with Crippen LogP contribution in [0, 0.1) is 5.92 Å². The molecule has 2 aliphatic heterocycles. The molecule has 8 atom stereocenters. The van der Waals surface area contributed by atoms with Gasteiger partial charge in [0.15, 0.2) is 23.2 Å². The number of fused-ring (bicyclic) bond motifs is 1. The fourth-order valence-corrected chi connectivity index (χ4v) is 8.75. The number of piperidine rings is 1. The van der Waals surface area contributed by atoms with E-state index >= 15 is 0 Å². The lowest BCUT2D eigenvalue weighted by atomic mass is 9.94. The first-order valence-electron chi connectivity index (χ1n) is 14.1. The van der Waals surface area contributed by atoms with Crippen molar-refractivity contribution < 1.29 is 57.4 Å². The molecule has 3 aliphatic rings. The largest absolute Gasteiger partial charge is 0.480 e. The maximum Gasteiger partial charge on any atom is 0.479 e. The van der Waals surface area contributed by atoms with E-state index in [2.05, 4.69) is 35.2 Å². The summed E-state index contributed by atoms with van der Waals surface area (Å²) in [6.45, 7) is -0.534. The maximum atomic E-state index is 12.6. The lowest BCUT2D eigenvalue weighted by Crippen LogP contribution is -2.44. The Morgan fingerprint density at radius 1 is 1.11 bits per heavy atom. The second-order valence-corrected chi connectivity index (χ2v) is 14.6. The van der Waals surface area contributed by atoms with Gasteiger partial charge in [-0.25, -0.2) is 28.6 Å². The molecule has 44 heavy (non-hydrogen) atoms. The van der Waals surface area contributed by atoms with E-state index in [9.17, 15) is 38.7 Å². The lowest BCUT2D eigenvalue weighted by molar-refractivity contribution is -0.140. The minimum absolute atomic E-state index is 0.0281. The first kappa shape index (κ1) is 32.8. The minimum atomic E-state index is -5.17. The summed E-state index contributed by atoms with van der Waals surface area (Å²) in [4.78, 5) is 56.4. The number of carbonyl (C=O) groups excluding carboxylic acids is 1. The Kier molecular flexibility index (Phi) is 10.0. The average molecular weight is 664 g/mol. The summed E-state index contributed by atoms with van der Waals surface area (Å²) in [5.41, 5.74) is 0.323. The van der Waals surface area contributed by atoms with Crippen LogP contribution in [0.2, 0.25) is 0 Å². The van der Waals surface area contributed by atoms with Crippen LogP contribution in [0.5, 0.6) is 0 Å². The molecule has 1 saturated carbocycles. The number of nitrogens with zero attached hydrogens (tertiary/aromatic N) is 4. The zero-order chi connectivity index (χ0) is 31.6. The molecular weight excluding hydrogens is 628 g/mol. The van der Waals surface area contributed by atoms with E-state index in [0.29, 0.717) is 6.42 Å². The summed E-state index contributed by atoms with van der Waals surface area (Å²) in [7, 11) is -9.87. The third-order valence-electron chi connectivity index (χ3n) is 7.82. The fourth-order valence-electron chi connectivity index (χ4n) is 5.69. The van der Waals surface area contributed by atoms with Crippen molar-refractivity contribution in [2.45, 2.75) is 75.1 Å². The number of imidazole rings is 1. The molecule has 0 aromatic carbocycles. The van der Waals surface area contributed by atoms with E-state index in [0.717, 1.165) is 25.7 Å². The van der Waals surface area contributed by atoms with Gasteiger partial charge in [0.2, 0.25) is 0 Å². The Morgan fingerprint density at radius 3 is 2.59 bits per heavy atom. The number of hydrogen-bond donors (Lipinski definition) is 8. The third-order valence-corrected chi connectivity index (χ3v) is 11.1. The number of hydrogen-bond acceptors (Lipinski definition) is 13. The van der Waals surface area contributed by atoms with E-state index in [-0.39, 0.29) is 36.0 Å². The van der Waals surface area contributed by atoms with Crippen LogP contribution >= 0.6 is 15.4 Å². The number of rotatable bonds is 11. The Balaban J connectivity index is 1.19. The number of amides is 2. The van der Waals surface area contributed by atoms with Gasteiger partial charge in [-0.3, -0.25) is 23.8 Å². The van der Waals surface area contributed by atoms with Crippen LogP contribution in [0.1, 0.15) is 44.8 Å². The van der Waals surface area contributed by atoms with Crippen LogP contribution in [-0.4, -0.2) is 106 Å². The maximum absolute atomic E-state index is 12.6. The van der Waals surface area contributed by atoms with Crippen LogP contribution in [0.4, 0.5) is 10.6 Å². The Bertz CT molecular complexity index is 1460. The molecular formula is C23H35N7O12P2. The van der Waals surface area contributed by atoms with Gasteiger partial charge in [-0.2, -0.15) is 0 Å². The van der Waals surface area contributed by atoms with Crippen LogP contribution in [0.3, 0.4) is 0 Å². The van der Waals surface area contributed by atoms with E-state index in [1.54, 1.807) is 0 Å². The predicted molar refractivity (Wildman–Crippen MR) is 149 cm³/mol. The number of phosphoric ester groups is 1. The number of nitrogens with one attached hydrogen (secondary N) is 3. The molecule has 21 heteroatoms. The number of aliphatic hydroxyl groups is 2. The molecule has 2 aromatic rings. The van der Waals surface area contributed by atoms with Gasteiger partial charge < -0.3 is 40.5 Å². The van der Waals surface area contributed by atoms with Crippen molar-refractivity contribution in [2.75, 3.05) is 24.6 Å². The summed E-state index contributed by atoms with van der Waals surface area (Å²) >= 11 is 0. The molecule has 0 bridgehead atoms. The Hall–Kier alpha value is -2.57. The van der Waals surface area contributed by atoms with Crippen LogP contribution < -0.4 is 16.0 Å². The summed E-state index contributed by atoms with van der Waals surface area (Å²) in [5, 5.41) is 38.7. The van der Waals surface area contributed by atoms with Crippen molar-refractivity contribution in [3.63, 3.8) is 0 Å². The van der Waals surface area contributed by atoms with Gasteiger partial charge in [0.1, 0.15) is 30.7 Å². The summed E-state index contributed by atoms with van der Waals surface area (Å²) in [5.74, 6) is -1.58. The highest BCUT2D eigenvalue weighted by Gasteiger charge is 2.46. The second-order valence-electron chi connectivity index (χ2n) is 11.1. The topological polar surface area (TPSA) is 277 Å². The van der Waals surface area contributed by atoms with E-state index in [1.807, 2.05) is 0 Å². The zero-order valence-electron chi connectivity index (χ0n) is 23.3. The normalized spacial score (nSPS) is 30.5. The number of phosphoric acid groups is 1. The van der Waals surface area contributed by atoms with Crippen LogP contribution in [0.25, 0.3) is 11.2 Å². The van der Waals surface area contributed by atoms with Gasteiger partial charge in [-0.1, -0.05) is 12.8 Å². The van der Waals surface area contributed by atoms with Crippen molar-refractivity contribution in [2.24, 2.45) is 5.92 Å². The van der Waals surface area contributed by atoms with E-state index in [4.69, 9.17) is 14.4 Å². The summed E-state index contributed by atoms with van der Waals surface area (Å²) in [6.07, 6.45) is 0.203. The fraction of sp³-hybridized carbons (Fsp3) is 0.696. The first-order valence-corrected chi connectivity index (χ1v) is 17.3. The van der Waals surface area contributed by atoms with Gasteiger partial charge in [-0.15, -0.1) is 0 Å². The number of carbonyl (C=O) groups is 2. The number of aromatic nitrogens is 4. The highest BCUT2D eigenvalue weighted by Crippen LogP contribution is 2.61. The van der Waals surface area contributed by atoms with E-state index in [1.165, 1.54) is 17.2 Å². The van der Waals surface area contributed by atoms with Gasteiger partial charge >= 0.3 is 27.4 Å². The quantitative estimate of drug-likeness (QED) is 0.150. The molecule has 0 radical (unpaired) electrons. The van der Waals surface area contributed by atoms with Gasteiger partial charge in [0.05, 0.1) is 19.1 Å². The molecule has 8 N–H and O–H groups in total. The number of carboxylic acid groups (broad SMARTS) is 1. The van der Waals surface area contributed by atoms with Gasteiger partial charge in [-0.05, 0) is 38.1 Å². The van der Waals surface area contributed by atoms with Crippen molar-refractivity contribution >= 4 is 44.4 Å². The number of urea groups is 1. The number of anilines is 1. The van der Waals surface area contributed by atoms with Crippen LogP contribution in [0.15, 0.2) is 12.7 Å². The molecule has 5 rings (SSSR count). The Labute approximate surface area is 250 Å². The number of carboxylic acids is 1. The lowest BCUT2D eigenvalue weighted by Gasteiger charge is -2.29. The third kappa shape index (κ3) is 7.80. The molecule has 3 fully saturated rings. The van der Waals surface area contributed by atoms with Gasteiger partial charge in [0.25, 0.3) is 0 Å². The van der Waals surface area contributed by atoms with Crippen molar-refractivity contribution in [1.82, 2.24) is 30.2 Å². The standard InChI is InChI=1S/C23H35N7O12P2/c31-17-15(8-40-44(38,39)42-43(36,37)9-12-5-6-24-14(7-12)22(33)34)41-21(18(17)32)30-11-27-16-19(25-10-26-20(16)30)29-23(35)28-13-3-1-2-4-13/h10-15,17-18,21,24,31-32H,1-9H2,(H,33,34)(H,36,37)(H,38,39)(H2,25,26,28,29,35)/t12?,14?,15-,17+,18+,21-/m1/s1. The minimum Gasteiger partial charge on any atom is -0.480 e. The molecule has 0 spiro atoms. The molecule has 4 unspecified atom stereocenters. The zero-order valence-corrected chi connectivity index (χ0v) is 25.1. The first-order chi connectivity index (χ1) is 20.8. The molecule has 1 aliphatic carbocycles. The van der Waals surface area contributed by atoms with Crippen LogP contribution in [-0.2, 0) is 27.5 Å². The molecule has 4 heterocycles. The van der Waals surface area contributed by atoms with E-state index < -0.39 is 76.7 Å². The van der Waals surface area contributed by atoms with Crippen molar-refractivity contribution in [3.05, 3.63) is 12.7 Å². The van der Waals surface area contributed by atoms with Crippen molar-refractivity contribution in [1.29, 1.82) is 0 Å². The molecule has 2 amide bonds. The molecule has 19 nitrogen and oxygen atoms in total. The van der Waals surface area contributed by atoms with Crippen molar-refractivity contribution in [3.8, 4) is 0 Å². The molecule has 244 valence electrons. The monoisotopic (exact) mass is 663 g/mol. The smallest absolute Gasteiger partial charge is 0.479 e. The summed E-state index contributed by atoms with van der Waals surface area (Å²) < 4.78 is 41.4. The second kappa shape index (κ2) is 13.4. The number of ether oxygens (including phenoxy) is 1. The van der Waals surface area contributed by atoms with Gasteiger partial charge in [0, 0.05) is 6.04 Å².